The van der Waals surface area contributed by atoms with Crippen molar-refractivity contribution in [3.05, 3.63) is 35.9 Å². The molecule has 128 valence electrons. The number of carbonyl (C=O) groups is 2. The third-order valence-corrected chi connectivity index (χ3v) is 4.01. The van der Waals surface area contributed by atoms with Crippen molar-refractivity contribution >= 4 is 11.8 Å². The van der Waals surface area contributed by atoms with Gasteiger partial charge in [-0.2, -0.15) is 0 Å². The molecule has 0 aliphatic rings. The number of unbranched alkanes of at least 4 members (excludes halogenated alkanes) is 5. The van der Waals surface area contributed by atoms with Gasteiger partial charge in [-0.15, -0.1) is 0 Å². The van der Waals surface area contributed by atoms with Gasteiger partial charge in [0.15, 0.2) is 0 Å². The number of amides is 2. The van der Waals surface area contributed by atoms with Crippen molar-refractivity contribution in [2.45, 2.75) is 70.8 Å². The zero-order chi connectivity index (χ0) is 16.9. The molecule has 0 bridgehead atoms. The average molecular weight is 318 g/mol. The first-order valence-electron chi connectivity index (χ1n) is 8.76. The number of rotatable bonds is 12. The van der Waals surface area contributed by atoms with Crippen molar-refractivity contribution in [2.75, 3.05) is 0 Å². The van der Waals surface area contributed by atoms with Crippen LogP contribution in [-0.4, -0.2) is 17.9 Å². The zero-order valence-electron chi connectivity index (χ0n) is 14.2. The number of hydrogen-bond acceptors (Lipinski definition) is 2. The van der Waals surface area contributed by atoms with Crippen molar-refractivity contribution in [1.82, 2.24) is 5.32 Å². The van der Waals surface area contributed by atoms with E-state index >= 15 is 0 Å². The van der Waals surface area contributed by atoms with Crippen molar-refractivity contribution in [2.24, 2.45) is 5.73 Å². The number of hydrogen-bond donors (Lipinski definition) is 2. The minimum Gasteiger partial charge on any atom is -0.368 e. The highest BCUT2D eigenvalue weighted by Gasteiger charge is 2.17. The molecule has 1 atom stereocenters. The van der Waals surface area contributed by atoms with E-state index < -0.39 is 11.9 Å². The second kappa shape index (κ2) is 11.7. The Kier molecular flexibility index (Phi) is 9.76. The van der Waals surface area contributed by atoms with Crippen LogP contribution in [0.5, 0.6) is 0 Å². The van der Waals surface area contributed by atoms with Crippen LogP contribution in [0.3, 0.4) is 0 Å². The average Bonchev–Trinajstić information content (AvgIpc) is 2.55. The van der Waals surface area contributed by atoms with Gasteiger partial charge in [-0.1, -0.05) is 75.8 Å². The van der Waals surface area contributed by atoms with Crippen molar-refractivity contribution in [3.8, 4) is 0 Å². The van der Waals surface area contributed by atoms with E-state index in [0.717, 1.165) is 18.4 Å². The van der Waals surface area contributed by atoms with Gasteiger partial charge in [-0.3, -0.25) is 9.59 Å². The van der Waals surface area contributed by atoms with Gasteiger partial charge in [0, 0.05) is 6.42 Å². The third-order valence-electron chi connectivity index (χ3n) is 4.01. The first-order chi connectivity index (χ1) is 11.1. The molecule has 0 spiro atoms. The Morgan fingerprint density at radius 1 is 1.04 bits per heavy atom. The fourth-order valence-corrected chi connectivity index (χ4v) is 2.58. The molecule has 0 saturated heterocycles. The highest BCUT2D eigenvalue weighted by molar-refractivity contribution is 5.86. The highest BCUT2D eigenvalue weighted by atomic mass is 16.2. The van der Waals surface area contributed by atoms with Crippen LogP contribution in [0.15, 0.2) is 30.3 Å². The van der Waals surface area contributed by atoms with Crippen molar-refractivity contribution in [1.29, 1.82) is 0 Å². The Morgan fingerprint density at radius 2 is 1.70 bits per heavy atom. The number of aryl methyl sites for hydroxylation is 1. The lowest BCUT2D eigenvalue weighted by Gasteiger charge is -2.15. The van der Waals surface area contributed by atoms with Crippen LogP contribution in [0.2, 0.25) is 0 Å². The van der Waals surface area contributed by atoms with E-state index in [1.807, 2.05) is 30.3 Å². The van der Waals surface area contributed by atoms with E-state index in [1.54, 1.807) is 0 Å². The quantitative estimate of drug-likeness (QED) is 0.580. The van der Waals surface area contributed by atoms with Gasteiger partial charge in [-0.05, 0) is 18.4 Å². The normalized spacial score (nSPS) is 11.9. The molecule has 2 amide bonds. The summed E-state index contributed by atoms with van der Waals surface area (Å²) >= 11 is 0. The number of benzene rings is 1. The standard InChI is InChI=1S/C19H30N2O2/c1-2-3-4-5-6-10-13-17(19(20)23)21-18(22)15-14-16-11-8-7-9-12-16/h7-9,11-12,17H,2-6,10,13-15H2,1H3,(H2,20,23)(H,21,22)/t17-/m1/s1. The van der Waals surface area contributed by atoms with Crippen LogP contribution in [-0.2, 0) is 16.0 Å². The van der Waals surface area contributed by atoms with Crippen LogP contribution in [0.4, 0.5) is 0 Å². The number of carbonyl (C=O) groups excluding carboxylic acids is 2. The molecule has 0 fully saturated rings. The summed E-state index contributed by atoms with van der Waals surface area (Å²) in [5.41, 5.74) is 6.52. The molecule has 0 aliphatic carbocycles. The Bertz CT molecular complexity index is 460. The van der Waals surface area contributed by atoms with Crippen LogP contribution in [0, 0.1) is 0 Å². The predicted molar refractivity (Wildman–Crippen MR) is 93.9 cm³/mol. The molecule has 1 aromatic carbocycles. The smallest absolute Gasteiger partial charge is 0.239 e. The number of primary amides is 1. The molecule has 1 aromatic rings. The monoisotopic (exact) mass is 318 g/mol. The van der Waals surface area contributed by atoms with Crippen LogP contribution in [0.25, 0.3) is 0 Å². The Morgan fingerprint density at radius 3 is 2.35 bits per heavy atom. The van der Waals surface area contributed by atoms with Gasteiger partial charge >= 0.3 is 0 Å². The predicted octanol–water partition coefficient (Wildman–Crippen LogP) is 3.34. The molecule has 0 heterocycles. The molecule has 1 rings (SSSR count). The summed E-state index contributed by atoms with van der Waals surface area (Å²) in [7, 11) is 0. The van der Waals surface area contributed by atoms with E-state index in [1.165, 1.54) is 25.7 Å². The van der Waals surface area contributed by atoms with Gasteiger partial charge in [0.1, 0.15) is 6.04 Å². The topological polar surface area (TPSA) is 72.2 Å². The van der Waals surface area contributed by atoms with Gasteiger partial charge < -0.3 is 11.1 Å². The second-order valence-electron chi connectivity index (χ2n) is 6.06. The third kappa shape index (κ3) is 9.01. The first kappa shape index (κ1) is 19.2. The molecule has 3 N–H and O–H groups in total. The maximum atomic E-state index is 12.0. The zero-order valence-corrected chi connectivity index (χ0v) is 14.2. The molecule has 4 nitrogen and oxygen atoms in total. The summed E-state index contributed by atoms with van der Waals surface area (Å²) in [5.74, 6) is -0.546. The number of nitrogens with one attached hydrogen (secondary N) is 1. The van der Waals surface area contributed by atoms with Crippen LogP contribution in [0.1, 0.15) is 63.9 Å². The second-order valence-corrected chi connectivity index (χ2v) is 6.06. The van der Waals surface area contributed by atoms with Crippen molar-refractivity contribution < 1.29 is 9.59 Å². The highest BCUT2D eigenvalue weighted by Crippen LogP contribution is 2.09. The van der Waals surface area contributed by atoms with E-state index in [2.05, 4.69) is 12.2 Å². The maximum Gasteiger partial charge on any atom is 0.239 e. The van der Waals surface area contributed by atoms with E-state index in [4.69, 9.17) is 5.73 Å². The molecule has 4 heteroatoms. The SMILES string of the molecule is CCCCCCCC[C@@H](NC(=O)CCc1ccccc1)C(N)=O. The molecular weight excluding hydrogens is 288 g/mol. The van der Waals surface area contributed by atoms with Gasteiger partial charge in [-0.25, -0.2) is 0 Å². The van der Waals surface area contributed by atoms with E-state index in [9.17, 15) is 9.59 Å². The van der Waals surface area contributed by atoms with Crippen molar-refractivity contribution in [3.63, 3.8) is 0 Å². The van der Waals surface area contributed by atoms with Gasteiger partial charge in [0.2, 0.25) is 11.8 Å². The Hall–Kier alpha value is -1.84. The van der Waals surface area contributed by atoms with E-state index in [0.29, 0.717) is 19.3 Å². The van der Waals surface area contributed by atoms with Crippen LogP contribution >= 0.6 is 0 Å². The fourth-order valence-electron chi connectivity index (χ4n) is 2.58. The fraction of sp³-hybridized carbons (Fsp3) is 0.579. The lowest BCUT2D eigenvalue weighted by Crippen LogP contribution is -2.44. The Balaban J connectivity index is 2.25. The molecule has 0 radical (unpaired) electrons. The molecular formula is C19H30N2O2. The molecule has 0 saturated carbocycles. The minimum absolute atomic E-state index is 0.108. The lowest BCUT2D eigenvalue weighted by atomic mass is 10.0. The van der Waals surface area contributed by atoms with Crippen LogP contribution < -0.4 is 11.1 Å². The van der Waals surface area contributed by atoms with Gasteiger partial charge in [0.05, 0.1) is 0 Å². The number of nitrogens with two attached hydrogens (primary N) is 1. The largest absolute Gasteiger partial charge is 0.368 e. The summed E-state index contributed by atoms with van der Waals surface area (Å²) in [5, 5.41) is 2.78. The lowest BCUT2D eigenvalue weighted by molar-refractivity contribution is -0.127. The first-order valence-corrected chi connectivity index (χ1v) is 8.76. The molecule has 0 aliphatic heterocycles. The summed E-state index contributed by atoms with van der Waals surface area (Å²) in [4.78, 5) is 23.5. The molecule has 0 unspecified atom stereocenters. The molecule has 23 heavy (non-hydrogen) atoms. The Labute approximate surface area is 139 Å². The van der Waals surface area contributed by atoms with E-state index in [-0.39, 0.29) is 5.91 Å². The summed E-state index contributed by atoms with van der Waals surface area (Å²) in [6, 6.07) is 9.32. The maximum absolute atomic E-state index is 12.0. The summed E-state index contributed by atoms with van der Waals surface area (Å²) in [6.45, 7) is 2.19. The van der Waals surface area contributed by atoms with Gasteiger partial charge in [0.25, 0.3) is 0 Å². The summed E-state index contributed by atoms with van der Waals surface area (Å²) < 4.78 is 0. The summed E-state index contributed by atoms with van der Waals surface area (Å²) in [6.07, 6.45) is 8.61. The molecule has 0 aromatic heterocycles. The minimum atomic E-state index is -0.538.